The third-order valence-electron chi connectivity index (χ3n) is 4.07. The minimum atomic E-state index is -0.906. The number of rotatable bonds is 5. The Morgan fingerprint density at radius 3 is 2.86 bits per heavy atom. The zero-order valence-electron chi connectivity index (χ0n) is 12.5. The molecule has 21 heavy (non-hydrogen) atoms. The highest BCUT2D eigenvalue weighted by Gasteiger charge is 2.41. The molecule has 118 valence electrons. The van der Waals surface area contributed by atoms with Crippen LogP contribution in [0.3, 0.4) is 0 Å². The zero-order chi connectivity index (χ0) is 15.2. The minimum absolute atomic E-state index is 0.0117. The van der Waals surface area contributed by atoms with Gasteiger partial charge in [0.05, 0.1) is 5.37 Å². The number of hydrogen-bond donors (Lipinski definition) is 2. The van der Waals surface area contributed by atoms with Gasteiger partial charge in [0.2, 0.25) is 0 Å². The smallest absolute Gasteiger partial charge is 0.327 e. The molecule has 2 rings (SSSR count). The highest BCUT2D eigenvalue weighted by Crippen LogP contribution is 2.32. The topological polar surface area (TPSA) is 69.6 Å². The first-order valence-electron chi connectivity index (χ1n) is 7.69. The van der Waals surface area contributed by atoms with Crippen LogP contribution in [-0.4, -0.2) is 45.7 Å². The summed E-state index contributed by atoms with van der Waals surface area (Å²) in [7, 11) is 0. The Morgan fingerprint density at radius 2 is 2.24 bits per heavy atom. The molecule has 0 saturated carbocycles. The van der Waals surface area contributed by atoms with Gasteiger partial charge in [-0.2, -0.15) is 0 Å². The molecule has 2 N–H and O–H groups in total. The van der Waals surface area contributed by atoms with Crippen molar-refractivity contribution in [2.24, 2.45) is 5.92 Å². The summed E-state index contributed by atoms with van der Waals surface area (Å²) >= 11 is 1.57. The summed E-state index contributed by atoms with van der Waals surface area (Å²) < 4.78 is 0. The molecule has 2 amide bonds. The van der Waals surface area contributed by atoms with Crippen molar-refractivity contribution in [2.45, 2.75) is 50.4 Å². The van der Waals surface area contributed by atoms with Gasteiger partial charge in [0.15, 0.2) is 0 Å². The van der Waals surface area contributed by atoms with Crippen molar-refractivity contribution in [1.82, 2.24) is 10.2 Å². The molecule has 0 aromatic rings. The van der Waals surface area contributed by atoms with Gasteiger partial charge in [-0.05, 0) is 31.6 Å². The summed E-state index contributed by atoms with van der Waals surface area (Å²) in [6.45, 7) is 2.69. The van der Waals surface area contributed by atoms with Crippen LogP contribution in [0.5, 0.6) is 0 Å². The van der Waals surface area contributed by atoms with Gasteiger partial charge in [-0.3, -0.25) is 4.90 Å². The number of allylic oxidation sites excluding steroid dienone is 2. The van der Waals surface area contributed by atoms with Crippen LogP contribution in [0.1, 0.15) is 39.0 Å². The van der Waals surface area contributed by atoms with Crippen molar-refractivity contribution in [3.05, 3.63) is 12.2 Å². The van der Waals surface area contributed by atoms with Crippen molar-refractivity contribution < 1.29 is 14.7 Å². The number of carboxylic acids is 1. The van der Waals surface area contributed by atoms with Gasteiger partial charge in [-0.1, -0.05) is 25.5 Å². The molecule has 5 nitrogen and oxygen atoms in total. The molecule has 2 aliphatic rings. The van der Waals surface area contributed by atoms with E-state index in [1.807, 2.05) is 0 Å². The van der Waals surface area contributed by atoms with Crippen LogP contribution in [-0.2, 0) is 4.79 Å². The van der Waals surface area contributed by atoms with Crippen LogP contribution in [0.2, 0.25) is 0 Å². The number of hydrogen-bond acceptors (Lipinski definition) is 3. The lowest BCUT2D eigenvalue weighted by Gasteiger charge is -2.28. The Balaban J connectivity index is 1.92. The molecule has 0 aromatic heterocycles. The lowest BCUT2D eigenvalue weighted by atomic mass is 9.94. The van der Waals surface area contributed by atoms with E-state index in [-0.39, 0.29) is 11.4 Å². The predicted molar refractivity (Wildman–Crippen MR) is 84.3 cm³/mol. The van der Waals surface area contributed by atoms with Crippen LogP contribution in [0, 0.1) is 5.92 Å². The van der Waals surface area contributed by atoms with Crippen molar-refractivity contribution in [2.75, 3.05) is 12.3 Å². The Hall–Kier alpha value is -1.17. The van der Waals surface area contributed by atoms with Gasteiger partial charge in [0.1, 0.15) is 6.04 Å². The van der Waals surface area contributed by atoms with Gasteiger partial charge in [0, 0.05) is 12.3 Å². The normalized spacial score (nSPS) is 28.6. The Kier molecular flexibility index (Phi) is 5.96. The fourth-order valence-electron chi connectivity index (χ4n) is 2.86. The molecule has 1 heterocycles. The molecule has 0 radical (unpaired) electrons. The second kappa shape index (κ2) is 7.73. The average molecular weight is 312 g/mol. The lowest BCUT2D eigenvalue weighted by molar-refractivity contribution is -0.141. The quantitative estimate of drug-likeness (QED) is 0.766. The average Bonchev–Trinajstić information content (AvgIpc) is 2.90. The predicted octanol–water partition coefficient (Wildman–Crippen LogP) is 2.68. The van der Waals surface area contributed by atoms with Crippen molar-refractivity contribution in [3.63, 3.8) is 0 Å². The van der Waals surface area contributed by atoms with E-state index >= 15 is 0 Å². The summed E-state index contributed by atoms with van der Waals surface area (Å²) in [4.78, 5) is 25.3. The molecule has 1 fully saturated rings. The third-order valence-corrected chi connectivity index (χ3v) is 5.42. The summed E-state index contributed by atoms with van der Waals surface area (Å²) in [5.74, 6) is 0.0542. The van der Waals surface area contributed by atoms with Crippen LogP contribution in [0.25, 0.3) is 0 Å². The second-order valence-corrected chi connectivity index (χ2v) is 6.89. The molecular weight excluding hydrogens is 288 g/mol. The summed E-state index contributed by atoms with van der Waals surface area (Å²) in [6.07, 6.45) is 9.27. The maximum atomic E-state index is 12.4. The monoisotopic (exact) mass is 312 g/mol. The highest BCUT2D eigenvalue weighted by molar-refractivity contribution is 8.00. The van der Waals surface area contributed by atoms with Crippen molar-refractivity contribution >= 4 is 23.8 Å². The van der Waals surface area contributed by atoms with E-state index in [0.717, 1.165) is 32.1 Å². The van der Waals surface area contributed by atoms with E-state index in [0.29, 0.717) is 18.2 Å². The Morgan fingerprint density at radius 1 is 1.43 bits per heavy atom. The van der Waals surface area contributed by atoms with Crippen LogP contribution in [0.4, 0.5) is 4.79 Å². The molecule has 6 heteroatoms. The van der Waals surface area contributed by atoms with Gasteiger partial charge in [-0.25, -0.2) is 9.59 Å². The first kappa shape index (κ1) is 16.2. The van der Waals surface area contributed by atoms with E-state index in [2.05, 4.69) is 24.4 Å². The fraction of sp³-hybridized carbons (Fsp3) is 0.733. The SMILES string of the molecule is CCCC1SCC(C(=O)O)N1C(=O)NCC1CC=CCC1. The van der Waals surface area contributed by atoms with Gasteiger partial charge < -0.3 is 10.4 Å². The number of carbonyl (C=O) groups excluding carboxylic acids is 1. The number of nitrogens with one attached hydrogen (secondary N) is 1. The molecule has 1 aliphatic heterocycles. The number of aliphatic carboxylic acids is 1. The summed E-state index contributed by atoms with van der Waals surface area (Å²) in [5, 5.41) is 12.2. The Bertz CT molecular complexity index is 414. The van der Waals surface area contributed by atoms with Crippen molar-refractivity contribution in [3.8, 4) is 0 Å². The maximum absolute atomic E-state index is 12.4. The molecule has 0 aromatic carbocycles. The number of urea groups is 1. The third kappa shape index (κ3) is 4.15. The number of amides is 2. The highest BCUT2D eigenvalue weighted by atomic mass is 32.2. The molecule has 3 unspecified atom stereocenters. The molecule has 0 bridgehead atoms. The number of carbonyl (C=O) groups is 2. The number of carboxylic acid groups (broad SMARTS) is 1. The van der Waals surface area contributed by atoms with Gasteiger partial charge in [0.25, 0.3) is 0 Å². The van der Waals surface area contributed by atoms with E-state index < -0.39 is 12.0 Å². The molecule has 3 atom stereocenters. The number of nitrogens with zero attached hydrogens (tertiary/aromatic N) is 1. The van der Waals surface area contributed by atoms with Crippen LogP contribution < -0.4 is 5.32 Å². The second-order valence-electron chi connectivity index (χ2n) is 5.67. The van der Waals surface area contributed by atoms with Crippen LogP contribution in [0.15, 0.2) is 12.2 Å². The van der Waals surface area contributed by atoms with Crippen LogP contribution >= 0.6 is 11.8 Å². The fourth-order valence-corrected chi connectivity index (χ4v) is 4.37. The summed E-state index contributed by atoms with van der Waals surface area (Å²) in [5.41, 5.74) is 0. The molecular formula is C15H24N2O3S. The van der Waals surface area contributed by atoms with E-state index in [1.54, 1.807) is 11.8 Å². The largest absolute Gasteiger partial charge is 0.480 e. The van der Waals surface area contributed by atoms with Crippen molar-refractivity contribution in [1.29, 1.82) is 0 Å². The molecule has 1 saturated heterocycles. The molecule has 1 aliphatic carbocycles. The van der Waals surface area contributed by atoms with E-state index in [1.165, 1.54) is 4.90 Å². The molecule has 0 spiro atoms. The standard InChI is InChI=1S/C15H24N2O3S/c1-2-6-13-17(12(10-21-13)14(18)19)15(20)16-9-11-7-4-3-5-8-11/h3-4,11-13H,2,5-10H2,1H3,(H,16,20)(H,18,19). The van der Waals surface area contributed by atoms with E-state index in [4.69, 9.17) is 0 Å². The number of thioether (sulfide) groups is 1. The minimum Gasteiger partial charge on any atom is -0.480 e. The first-order valence-corrected chi connectivity index (χ1v) is 8.74. The maximum Gasteiger partial charge on any atom is 0.327 e. The first-order chi connectivity index (χ1) is 10.1. The van der Waals surface area contributed by atoms with Gasteiger partial charge in [-0.15, -0.1) is 11.8 Å². The summed E-state index contributed by atoms with van der Waals surface area (Å²) in [6, 6.07) is -0.918. The Labute approximate surface area is 130 Å². The van der Waals surface area contributed by atoms with Gasteiger partial charge >= 0.3 is 12.0 Å². The van der Waals surface area contributed by atoms with E-state index in [9.17, 15) is 14.7 Å². The zero-order valence-corrected chi connectivity index (χ0v) is 13.3. The lowest BCUT2D eigenvalue weighted by Crippen LogP contribution is -2.51.